The van der Waals surface area contributed by atoms with Crippen molar-refractivity contribution in [1.82, 2.24) is 0 Å². The Morgan fingerprint density at radius 3 is 2.55 bits per heavy atom. The molecule has 0 atom stereocenters. The topological polar surface area (TPSA) is 52.4 Å². The smallest absolute Gasteiger partial charge is 0.273 e. The summed E-state index contributed by atoms with van der Waals surface area (Å²) in [5.41, 5.74) is 0.188. The van der Waals surface area contributed by atoms with Gasteiger partial charge in [-0.25, -0.2) is 0 Å². The van der Waals surface area contributed by atoms with E-state index in [-0.39, 0.29) is 11.1 Å². The van der Waals surface area contributed by atoms with Crippen LogP contribution in [-0.2, 0) is 0 Å². The summed E-state index contributed by atoms with van der Waals surface area (Å²) in [6.07, 6.45) is 7.27. The maximum absolute atomic E-state index is 10.8. The quantitative estimate of drug-likeness (QED) is 0.382. The highest BCUT2D eigenvalue weighted by atomic mass is 32.1. The largest absolute Gasteiger partial charge is 0.493 e. The van der Waals surface area contributed by atoms with Crippen LogP contribution in [0.15, 0.2) is 24.3 Å². The fourth-order valence-electron chi connectivity index (χ4n) is 2.75. The summed E-state index contributed by atoms with van der Waals surface area (Å²) in [6, 6.07) is 6.40. The van der Waals surface area contributed by atoms with Gasteiger partial charge in [-0.05, 0) is 24.7 Å². The van der Waals surface area contributed by atoms with Crippen LogP contribution in [0.1, 0.15) is 38.5 Å². The van der Waals surface area contributed by atoms with Crippen LogP contribution < -0.4 is 4.74 Å². The van der Waals surface area contributed by atoms with Gasteiger partial charge < -0.3 is 4.74 Å². The minimum Gasteiger partial charge on any atom is -0.493 e. The first-order chi connectivity index (χ1) is 9.65. The lowest BCUT2D eigenvalue weighted by molar-refractivity contribution is -0.384. The van der Waals surface area contributed by atoms with E-state index in [0.29, 0.717) is 12.4 Å². The molecule has 0 aliphatic heterocycles. The Bertz CT molecular complexity index is 456. The minimum absolute atomic E-state index is 0.0725. The summed E-state index contributed by atoms with van der Waals surface area (Å²) in [5, 5.41) is 10.8. The average molecular weight is 295 g/mol. The molecule has 0 heterocycles. The lowest BCUT2D eigenvalue weighted by atomic mass is 9.83. The molecule has 0 saturated heterocycles. The lowest BCUT2D eigenvalue weighted by Gasteiger charge is -2.30. The number of hydrogen-bond donors (Lipinski definition) is 1. The van der Waals surface area contributed by atoms with E-state index in [4.69, 9.17) is 4.74 Å². The minimum atomic E-state index is -0.396. The number of non-ortho nitro benzene ring substituents is 1. The van der Waals surface area contributed by atoms with Crippen molar-refractivity contribution in [2.45, 2.75) is 38.5 Å². The van der Waals surface area contributed by atoms with Crippen molar-refractivity contribution in [3.8, 4) is 5.75 Å². The van der Waals surface area contributed by atoms with Crippen molar-refractivity contribution in [1.29, 1.82) is 0 Å². The van der Waals surface area contributed by atoms with Crippen LogP contribution in [0.25, 0.3) is 0 Å². The van der Waals surface area contributed by atoms with Crippen molar-refractivity contribution in [3.05, 3.63) is 34.4 Å². The third-order valence-electron chi connectivity index (χ3n) is 4.07. The Morgan fingerprint density at radius 1 is 1.25 bits per heavy atom. The number of benzene rings is 1. The number of nitro benzene ring substituents is 1. The number of nitrogens with zero attached hydrogens (tertiary/aromatic N) is 1. The summed E-state index contributed by atoms with van der Waals surface area (Å²) in [4.78, 5) is 10.4. The molecule has 0 aromatic heterocycles. The number of thiol groups is 1. The number of rotatable bonds is 5. The lowest BCUT2D eigenvalue weighted by Crippen LogP contribution is -2.30. The summed E-state index contributed by atoms with van der Waals surface area (Å²) in [7, 11) is 0. The molecule has 0 unspecified atom stereocenters. The molecule has 0 N–H and O–H groups in total. The molecule has 110 valence electrons. The Kier molecular flexibility index (Phi) is 5.29. The Labute approximate surface area is 125 Å². The van der Waals surface area contributed by atoms with Gasteiger partial charge in [0.2, 0.25) is 0 Å². The Morgan fingerprint density at radius 2 is 1.95 bits per heavy atom. The predicted molar refractivity (Wildman–Crippen MR) is 82.6 cm³/mol. The second-order valence-electron chi connectivity index (χ2n) is 5.62. The van der Waals surface area contributed by atoms with Crippen LogP contribution in [0.2, 0.25) is 0 Å². The molecule has 1 fully saturated rings. The van der Waals surface area contributed by atoms with Gasteiger partial charge in [0.25, 0.3) is 5.69 Å². The number of hydrogen-bond acceptors (Lipinski definition) is 4. The van der Waals surface area contributed by atoms with Crippen molar-refractivity contribution >= 4 is 18.3 Å². The second kappa shape index (κ2) is 6.97. The van der Waals surface area contributed by atoms with Gasteiger partial charge in [0.15, 0.2) is 0 Å². The SMILES string of the molecule is O=[N+]([O-])c1cccc(OCC2(CS)CCCCCC2)c1. The normalized spacial score (nSPS) is 18.2. The van der Waals surface area contributed by atoms with Gasteiger partial charge in [-0.2, -0.15) is 12.6 Å². The van der Waals surface area contributed by atoms with Crippen LogP contribution in [0.3, 0.4) is 0 Å². The fourth-order valence-corrected chi connectivity index (χ4v) is 3.16. The third-order valence-corrected chi connectivity index (χ3v) is 4.74. The van der Waals surface area contributed by atoms with Crippen LogP contribution in [0, 0.1) is 15.5 Å². The molecule has 1 saturated carbocycles. The van der Waals surface area contributed by atoms with E-state index in [2.05, 4.69) is 12.6 Å². The van der Waals surface area contributed by atoms with E-state index in [9.17, 15) is 10.1 Å². The number of nitro groups is 1. The molecule has 2 rings (SSSR count). The maximum atomic E-state index is 10.8. The molecule has 1 aliphatic rings. The maximum Gasteiger partial charge on any atom is 0.273 e. The fraction of sp³-hybridized carbons (Fsp3) is 0.600. The molecule has 20 heavy (non-hydrogen) atoms. The first-order valence-electron chi connectivity index (χ1n) is 7.13. The van der Waals surface area contributed by atoms with Crippen LogP contribution in [-0.4, -0.2) is 17.3 Å². The molecule has 1 aromatic carbocycles. The zero-order valence-electron chi connectivity index (χ0n) is 11.6. The first-order valence-corrected chi connectivity index (χ1v) is 7.77. The second-order valence-corrected chi connectivity index (χ2v) is 5.93. The van der Waals surface area contributed by atoms with Crippen LogP contribution in [0.4, 0.5) is 5.69 Å². The Balaban J connectivity index is 2.02. The molecule has 0 amide bonds. The molecular weight excluding hydrogens is 274 g/mol. The zero-order chi connectivity index (χ0) is 14.4. The van der Waals surface area contributed by atoms with E-state index in [0.717, 1.165) is 18.6 Å². The Hall–Kier alpha value is -1.23. The monoisotopic (exact) mass is 295 g/mol. The van der Waals surface area contributed by atoms with Gasteiger partial charge >= 0.3 is 0 Å². The van der Waals surface area contributed by atoms with Crippen molar-refractivity contribution < 1.29 is 9.66 Å². The summed E-state index contributed by atoms with van der Waals surface area (Å²) in [5.74, 6) is 1.38. The molecule has 5 heteroatoms. The predicted octanol–water partition coefficient (Wildman–Crippen LogP) is 4.24. The van der Waals surface area contributed by atoms with E-state index in [1.54, 1.807) is 12.1 Å². The van der Waals surface area contributed by atoms with E-state index in [1.165, 1.54) is 37.8 Å². The van der Waals surface area contributed by atoms with E-state index < -0.39 is 4.92 Å². The van der Waals surface area contributed by atoms with Gasteiger partial charge in [-0.15, -0.1) is 0 Å². The van der Waals surface area contributed by atoms with Gasteiger partial charge in [0.05, 0.1) is 17.6 Å². The van der Waals surface area contributed by atoms with Crippen molar-refractivity contribution in [3.63, 3.8) is 0 Å². The molecule has 4 nitrogen and oxygen atoms in total. The molecule has 0 bridgehead atoms. The van der Waals surface area contributed by atoms with Crippen LogP contribution >= 0.6 is 12.6 Å². The van der Waals surface area contributed by atoms with E-state index >= 15 is 0 Å². The van der Waals surface area contributed by atoms with Gasteiger partial charge in [0.1, 0.15) is 5.75 Å². The average Bonchev–Trinajstić information content (AvgIpc) is 2.72. The molecule has 0 radical (unpaired) electrons. The van der Waals surface area contributed by atoms with Gasteiger partial charge in [-0.1, -0.05) is 31.7 Å². The first kappa shape index (κ1) is 15.2. The molecule has 1 aliphatic carbocycles. The highest BCUT2D eigenvalue weighted by Crippen LogP contribution is 2.36. The molecule has 1 aromatic rings. The van der Waals surface area contributed by atoms with Gasteiger partial charge in [-0.3, -0.25) is 10.1 Å². The number of ether oxygens (including phenoxy) is 1. The zero-order valence-corrected chi connectivity index (χ0v) is 12.5. The third kappa shape index (κ3) is 3.88. The van der Waals surface area contributed by atoms with Crippen molar-refractivity contribution in [2.75, 3.05) is 12.4 Å². The molecule has 0 spiro atoms. The van der Waals surface area contributed by atoms with Crippen LogP contribution in [0.5, 0.6) is 5.75 Å². The highest BCUT2D eigenvalue weighted by Gasteiger charge is 2.30. The standard InChI is InChI=1S/C15H21NO3S/c17-16(18)13-6-5-7-14(10-13)19-11-15(12-20)8-3-1-2-4-9-15/h5-7,10,20H,1-4,8-9,11-12H2. The van der Waals surface area contributed by atoms with Gasteiger partial charge in [0, 0.05) is 11.5 Å². The highest BCUT2D eigenvalue weighted by molar-refractivity contribution is 7.80. The van der Waals surface area contributed by atoms with Crippen molar-refractivity contribution in [2.24, 2.45) is 5.41 Å². The molecular formula is C15H21NO3S. The summed E-state index contributed by atoms with van der Waals surface area (Å²) in [6.45, 7) is 0.595. The van der Waals surface area contributed by atoms with E-state index in [1.807, 2.05) is 0 Å². The summed E-state index contributed by atoms with van der Waals surface area (Å²) >= 11 is 4.51. The summed E-state index contributed by atoms with van der Waals surface area (Å²) < 4.78 is 5.83.